The van der Waals surface area contributed by atoms with Gasteiger partial charge in [-0.15, -0.1) is 0 Å². The van der Waals surface area contributed by atoms with E-state index in [2.05, 4.69) is 26.3 Å². The fourth-order valence-electron chi connectivity index (χ4n) is 4.86. The van der Waals surface area contributed by atoms with Gasteiger partial charge in [0.05, 0.1) is 13.7 Å². The summed E-state index contributed by atoms with van der Waals surface area (Å²) in [6, 6.07) is 4.52. The first kappa shape index (κ1) is 22.0. The van der Waals surface area contributed by atoms with Crippen LogP contribution in [-0.4, -0.2) is 73.9 Å². The molecule has 8 nitrogen and oxygen atoms in total. The summed E-state index contributed by atoms with van der Waals surface area (Å²) in [4.78, 5) is 31.5. The molecule has 1 aliphatic heterocycles. The van der Waals surface area contributed by atoms with Crippen molar-refractivity contribution < 1.29 is 19.1 Å². The van der Waals surface area contributed by atoms with Crippen molar-refractivity contribution >= 4 is 12.0 Å². The molecule has 1 saturated carbocycles. The smallest absolute Gasteiger partial charge is 0.406 e. The van der Waals surface area contributed by atoms with E-state index in [1.165, 1.54) is 12.7 Å². The number of carbonyl (C=O) groups excluding carboxylic acids is 2. The van der Waals surface area contributed by atoms with Gasteiger partial charge in [-0.2, -0.15) is 0 Å². The number of pyridine rings is 1. The first-order chi connectivity index (χ1) is 15.2. The van der Waals surface area contributed by atoms with E-state index in [0.717, 1.165) is 57.3 Å². The third-order valence-electron chi connectivity index (χ3n) is 6.64. The first-order valence-corrected chi connectivity index (χ1v) is 11.6. The topological polar surface area (TPSA) is 92.8 Å². The molecule has 0 bridgehead atoms. The lowest BCUT2D eigenvalue weighted by atomic mass is 9.91. The molecule has 2 heterocycles. The van der Waals surface area contributed by atoms with E-state index in [0.29, 0.717) is 31.7 Å². The summed E-state index contributed by atoms with van der Waals surface area (Å²) in [6.45, 7) is 3.29. The first-order valence-electron chi connectivity index (χ1n) is 11.6. The summed E-state index contributed by atoms with van der Waals surface area (Å²) >= 11 is 0. The van der Waals surface area contributed by atoms with Gasteiger partial charge in [-0.05, 0) is 43.7 Å². The van der Waals surface area contributed by atoms with Crippen LogP contribution in [0.5, 0.6) is 0 Å². The van der Waals surface area contributed by atoms with Crippen LogP contribution in [0.15, 0.2) is 18.3 Å². The van der Waals surface area contributed by atoms with Gasteiger partial charge >= 0.3 is 6.09 Å². The molecule has 0 radical (unpaired) electrons. The summed E-state index contributed by atoms with van der Waals surface area (Å²) in [5, 5.41) is 6.06. The zero-order chi connectivity index (χ0) is 21.6. The number of fused-ring (bicyclic) bond motifs is 1. The molecule has 3 atom stereocenters. The quantitative estimate of drug-likeness (QED) is 0.644. The predicted molar refractivity (Wildman–Crippen MR) is 116 cm³/mol. The van der Waals surface area contributed by atoms with Crippen molar-refractivity contribution in [1.29, 1.82) is 0 Å². The van der Waals surface area contributed by atoms with Crippen LogP contribution in [0, 0.1) is 0 Å². The minimum absolute atomic E-state index is 0.128. The maximum atomic E-state index is 13.2. The fourth-order valence-corrected chi connectivity index (χ4v) is 4.86. The van der Waals surface area contributed by atoms with E-state index in [1.54, 1.807) is 0 Å². The maximum Gasteiger partial charge on any atom is 0.406 e. The minimum atomic E-state index is -0.397. The second-order valence-corrected chi connectivity index (χ2v) is 8.79. The number of nitrogens with zero attached hydrogens (tertiary/aromatic N) is 2. The molecule has 3 aliphatic rings. The van der Waals surface area contributed by atoms with Crippen LogP contribution >= 0.6 is 0 Å². The van der Waals surface area contributed by atoms with E-state index in [-0.39, 0.29) is 17.9 Å². The number of carbonyl (C=O) groups is 2. The molecule has 170 valence electrons. The highest BCUT2D eigenvalue weighted by atomic mass is 16.5. The zero-order valence-corrected chi connectivity index (χ0v) is 18.3. The molecule has 2 N–H and O–H groups in total. The third kappa shape index (κ3) is 5.54. The molecule has 2 fully saturated rings. The SMILES string of the molecule is COC(=O)NCCC1CCCC(CN(C(=O)[C@H]2CNCCO2)C2CC2)c2cccnc21. The molecule has 1 aromatic rings. The lowest BCUT2D eigenvalue weighted by molar-refractivity contribution is -0.146. The summed E-state index contributed by atoms with van der Waals surface area (Å²) in [6.07, 6.45) is 7.25. The number of aromatic nitrogens is 1. The molecule has 0 aromatic carbocycles. The molecule has 31 heavy (non-hydrogen) atoms. The molecule has 1 aromatic heterocycles. The maximum absolute atomic E-state index is 13.2. The molecule has 2 unspecified atom stereocenters. The molecule has 4 rings (SSSR count). The number of methoxy groups -OCH3 is 1. The van der Waals surface area contributed by atoms with Crippen molar-refractivity contribution in [2.24, 2.45) is 0 Å². The number of hydrogen-bond acceptors (Lipinski definition) is 6. The Morgan fingerprint density at radius 1 is 1.29 bits per heavy atom. The van der Waals surface area contributed by atoms with E-state index < -0.39 is 6.09 Å². The average molecular weight is 431 g/mol. The highest BCUT2D eigenvalue weighted by Gasteiger charge is 2.39. The van der Waals surface area contributed by atoms with E-state index in [9.17, 15) is 9.59 Å². The van der Waals surface area contributed by atoms with Crippen molar-refractivity contribution in [3.63, 3.8) is 0 Å². The second kappa shape index (κ2) is 10.4. The molecule has 1 saturated heterocycles. The third-order valence-corrected chi connectivity index (χ3v) is 6.64. The second-order valence-electron chi connectivity index (χ2n) is 8.79. The number of ether oxygens (including phenoxy) is 2. The van der Waals surface area contributed by atoms with Crippen molar-refractivity contribution in [3.05, 3.63) is 29.6 Å². The largest absolute Gasteiger partial charge is 0.453 e. The number of hydrogen-bond donors (Lipinski definition) is 2. The van der Waals surface area contributed by atoms with Gasteiger partial charge in [0.25, 0.3) is 5.91 Å². The van der Waals surface area contributed by atoms with Crippen LogP contribution in [0.4, 0.5) is 4.79 Å². The summed E-state index contributed by atoms with van der Waals surface area (Å²) in [5.41, 5.74) is 2.37. The van der Waals surface area contributed by atoms with Crippen LogP contribution in [0.3, 0.4) is 0 Å². The Morgan fingerprint density at radius 3 is 2.87 bits per heavy atom. The summed E-state index contributed by atoms with van der Waals surface area (Å²) in [7, 11) is 1.38. The van der Waals surface area contributed by atoms with Gasteiger partial charge in [0.2, 0.25) is 0 Å². The predicted octanol–water partition coefficient (Wildman–Crippen LogP) is 2.16. The van der Waals surface area contributed by atoms with E-state index >= 15 is 0 Å². The molecule has 8 heteroatoms. The standard InChI is InChI=1S/C23H34N4O4/c1-30-23(29)26-11-9-16-4-2-5-17(19-6-3-10-25-21(16)19)15-27(18-7-8-18)22(28)20-14-24-12-13-31-20/h3,6,10,16-18,20,24H,2,4-5,7-9,11-15H2,1H3,(H,26,29)/t16?,17?,20-/m1/s1. The summed E-state index contributed by atoms with van der Waals surface area (Å²) in [5.74, 6) is 0.709. The number of morpholine rings is 1. The van der Waals surface area contributed by atoms with Gasteiger partial charge in [0, 0.05) is 55.9 Å². The Labute approximate surface area is 184 Å². The number of amides is 2. The van der Waals surface area contributed by atoms with Gasteiger partial charge in [0.15, 0.2) is 0 Å². The van der Waals surface area contributed by atoms with Crippen molar-refractivity contribution in [1.82, 2.24) is 20.5 Å². The molecule has 2 aliphatic carbocycles. The Morgan fingerprint density at radius 2 is 2.13 bits per heavy atom. The van der Waals surface area contributed by atoms with E-state index in [1.807, 2.05) is 12.3 Å². The fraction of sp³-hybridized carbons (Fsp3) is 0.696. The molecular formula is C23H34N4O4. The average Bonchev–Trinajstić information content (AvgIpc) is 3.66. The highest BCUT2D eigenvalue weighted by Crippen LogP contribution is 2.39. The molecular weight excluding hydrogens is 396 g/mol. The Balaban J connectivity index is 1.47. The number of alkyl carbamates (subject to hydrolysis) is 1. The van der Waals surface area contributed by atoms with E-state index in [4.69, 9.17) is 9.72 Å². The van der Waals surface area contributed by atoms with Crippen LogP contribution in [0.2, 0.25) is 0 Å². The van der Waals surface area contributed by atoms with Gasteiger partial charge in [-0.3, -0.25) is 9.78 Å². The monoisotopic (exact) mass is 430 g/mol. The van der Waals surface area contributed by atoms with Gasteiger partial charge in [-0.25, -0.2) is 4.79 Å². The lowest BCUT2D eigenvalue weighted by Crippen LogP contribution is -2.51. The number of rotatable bonds is 7. The zero-order valence-electron chi connectivity index (χ0n) is 18.3. The normalized spacial score (nSPS) is 25.8. The Bertz CT molecular complexity index is 764. The van der Waals surface area contributed by atoms with Gasteiger partial charge < -0.3 is 25.0 Å². The van der Waals surface area contributed by atoms with Crippen molar-refractivity contribution in [2.75, 3.05) is 39.9 Å². The summed E-state index contributed by atoms with van der Waals surface area (Å²) < 4.78 is 10.4. The lowest BCUT2D eigenvalue weighted by Gasteiger charge is -2.32. The molecule has 2 amide bonds. The number of nitrogens with one attached hydrogen (secondary N) is 2. The van der Waals surface area contributed by atoms with Crippen LogP contribution < -0.4 is 10.6 Å². The van der Waals surface area contributed by atoms with Crippen molar-refractivity contribution in [2.45, 2.75) is 62.5 Å². The van der Waals surface area contributed by atoms with Crippen molar-refractivity contribution in [3.8, 4) is 0 Å². The highest BCUT2D eigenvalue weighted by molar-refractivity contribution is 5.82. The van der Waals surface area contributed by atoms with Crippen LogP contribution in [0.25, 0.3) is 0 Å². The van der Waals surface area contributed by atoms with Gasteiger partial charge in [0.1, 0.15) is 6.10 Å². The van der Waals surface area contributed by atoms with Crippen LogP contribution in [-0.2, 0) is 14.3 Å². The Kier molecular flexibility index (Phi) is 7.40. The van der Waals surface area contributed by atoms with Gasteiger partial charge in [-0.1, -0.05) is 12.5 Å². The minimum Gasteiger partial charge on any atom is -0.453 e. The Hall–Kier alpha value is -2.19. The van der Waals surface area contributed by atoms with Crippen LogP contribution in [0.1, 0.15) is 61.6 Å². The molecule has 0 spiro atoms.